The van der Waals surface area contributed by atoms with Crippen LogP contribution < -0.4 is 16.0 Å². The summed E-state index contributed by atoms with van der Waals surface area (Å²) in [4.78, 5) is 23.5. The van der Waals surface area contributed by atoms with Crippen molar-refractivity contribution in [3.63, 3.8) is 0 Å². The second kappa shape index (κ2) is 11.7. The summed E-state index contributed by atoms with van der Waals surface area (Å²) < 4.78 is 5.04. The van der Waals surface area contributed by atoms with Crippen LogP contribution in [0.25, 0.3) is 0 Å². The lowest BCUT2D eigenvalue weighted by Crippen LogP contribution is -2.49. The Labute approximate surface area is 179 Å². The molecular weight excluding hydrogens is 380 g/mol. The van der Waals surface area contributed by atoms with Crippen LogP contribution in [0, 0.1) is 5.92 Å². The third kappa shape index (κ3) is 7.48. The van der Waals surface area contributed by atoms with Crippen molar-refractivity contribution < 1.29 is 9.53 Å². The van der Waals surface area contributed by atoms with E-state index >= 15 is 0 Å². The lowest BCUT2D eigenvalue weighted by molar-refractivity contribution is 0.147. The van der Waals surface area contributed by atoms with Gasteiger partial charge in [0.1, 0.15) is 0 Å². The third-order valence-corrected chi connectivity index (χ3v) is 5.60. The van der Waals surface area contributed by atoms with Crippen molar-refractivity contribution >= 4 is 12.1 Å². The molecule has 1 aliphatic carbocycles. The molecular formula is C22H36N6O2. The van der Waals surface area contributed by atoms with E-state index in [-0.39, 0.29) is 12.1 Å². The van der Waals surface area contributed by atoms with Gasteiger partial charge in [0, 0.05) is 38.4 Å². The van der Waals surface area contributed by atoms with Crippen molar-refractivity contribution in [2.75, 3.05) is 32.8 Å². The molecule has 30 heavy (non-hydrogen) atoms. The van der Waals surface area contributed by atoms with E-state index < -0.39 is 0 Å². The fourth-order valence-corrected chi connectivity index (χ4v) is 3.79. The van der Waals surface area contributed by atoms with Gasteiger partial charge in [0.25, 0.3) is 0 Å². The number of alkyl carbamates (subject to hydrolysis) is 1. The largest absolute Gasteiger partial charge is 0.450 e. The SMILES string of the molecule is CCNC(=NCC(NC(=O)OCC)C1CC1)NC1CCN(Cc2ccccn2)CC1. The third-order valence-electron chi connectivity index (χ3n) is 5.60. The number of nitrogens with one attached hydrogen (secondary N) is 3. The van der Waals surface area contributed by atoms with E-state index in [0.717, 1.165) is 63.5 Å². The molecule has 1 unspecified atom stereocenters. The Kier molecular flexibility index (Phi) is 8.74. The van der Waals surface area contributed by atoms with Gasteiger partial charge in [-0.05, 0) is 57.6 Å². The molecule has 1 atom stereocenters. The number of likely N-dealkylation sites (tertiary alicyclic amines) is 1. The standard InChI is InChI=1S/C22H36N6O2/c1-3-23-21(25-15-20(17-8-9-17)27-22(29)30-4-2)26-18-10-13-28(14-11-18)16-19-7-5-6-12-24-19/h5-7,12,17-18,20H,3-4,8-11,13-16H2,1-2H3,(H,27,29)(H2,23,25,26). The van der Waals surface area contributed by atoms with Crippen LogP contribution in [0.15, 0.2) is 29.4 Å². The zero-order valence-corrected chi connectivity index (χ0v) is 18.3. The number of rotatable bonds is 9. The molecule has 1 saturated carbocycles. The Morgan fingerprint density at radius 3 is 2.70 bits per heavy atom. The number of amides is 1. The van der Waals surface area contributed by atoms with E-state index in [2.05, 4.69) is 38.8 Å². The zero-order chi connectivity index (χ0) is 21.2. The molecule has 3 N–H and O–H groups in total. The Morgan fingerprint density at radius 1 is 1.27 bits per heavy atom. The van der Waals surface area contributed by atoms with E-state index in [1.807, 2.05) is 25.3 Å². The molecule has 1 aliphatic heterocycles. The molecule has 2 aliphatic rings. The van der Waals surface area contributed by atoms with Crippen LogP contribution in [0.1, 0.15) is 45.2 Å². The Hall–Kier alpha value is -2.35. The maximum absolute atomic E-state index is 11.8. The molecule has 166 valence electrons. The molecule has 1 aromatic rings. The summed E-state index contributed by atoms with van der Waals surface area (Å²) >= 11 is 0. The highest BCUT2D eigenvalue weighted by atomic mass is 16.5. The first kappa shape index (κ1) is 22.3. The lowest BCUT2D eigenvalue weighted by Gasteiger charge is -2.33. The molecule has 3 rings (SSSR count). The van der Waals surface area contributed by atoms with Gasteiger partial charge >= 0.3 is 6.09 Å². The van der Waals surface area contributed by atoms with Crippen LogP contribution in [-0.4, -0.2) is 66.8 Å². The Balaban J connectivity index is 1.47. The van der Waals surface area contributed by atoms with E-state index in [4.69, 9.17) is 9.73 Å². The molecule has 0 radical (unpaired) electrons. The van der Waals surface area contributed by atoms with E-state index in [1.54, 1.807) is 0 Å². The topological polar surface area (TPSA) is 90.9 Å². The highest BCUT2D eigenvalue weighted by molar-refractivity contribution is 5.80. The summed E-state index contributed by atoms with van der Waals surface area (Å²) in [7, 11) is 0. The minimum atomic E-state index is -0.345. The average Bonchev–Trinajstić information content (AvgIpc) is 3.59. The molecule has 8 nitrogen and oxygen atoms in total. The van der Waals surface area contributed by atoms with Crippen molar-refractivity contribution in [1.82, 2.24) is 25.8 Å². The van der Waals surface area contributed by atoms with Gasteiger partial charge in [-0.25, -0.2) is 4.79 Å². The number of hydrogen-bond acceptors (Lipinski definition) is 5. The predicted octanol–water partition coefficient (Wildman–Crippen LogP) is 2.13. The molecule has 8 heteroatoms. The van der Waals surface area contributed by atoms with Crippen molar-refractivity contribution in [2.24, 2.45) is 10.9 Å². The number of hydrogen-bond donors (Lipinski definition) is 3. The van der Waals surface area contributed by atoms with Crippen molar-refractivity contribution in [3.8, 4) is 0 Å². The zero-order valence-electron chi connectivity index (χ0n) is 18.3. The van der Waals surface area contributed by atoms with Gasteiger partial charge < -0.3 is 20.7 Å². The van der Waals surface area contributed by atoms with Crippen molar-refractivity contribution in [1.29, 1.82) is 0 Å². The van der Waals surface area contributed by atoms with Crippen molar-refractivity contribution in [2.45, 2.75) is 58.2 Å². The van der Waals surface area contributed by atoms with Crippen LogP contribution >= 0.6 is 0 Å². The summed E-state index contributed by atoms with van der Waals surface area (Å²) in [6.07, 6.45) is 5.95. The quantitative estimate of drug-likeness (QED) is 0.422. The number of guanidine groups is 1. The van der Waals surface area contributed by atoms with Crippen LogP contribution in [0.5, 0.6) is 0 Å². The fourth-order valence-electron chi connectivity index (χ4n) is 3.79. The lowest BCUT2D eigenvalue weighted by atomic mass is 10.0. The first-order valence-corrected chi connectivity index (χ1v) is 11.3. The number of nitrogens with zero attached hydrogens (tertiary/aromatic N) is 3. The molecule has 0 spiro atoms. The number of carbonyl (C=O) groups is 1. The second-order valence-electron chi connectivity index (χ2n) is 8.04. The summed E-state index contributed by atoms with van der Waals surface area (Å²) in [6, 6.07) is 6.53. The molecule has 0 aromatic carbocycles. The minimum absolute atomic E-state index is 0.0414. The van der Waals surface area contributed by atoms with Gasteiger partial charge in [-0.15, -0.1) is 0 Å². The van der Waals surface area contributed by atoms with Crippen LogP contribution in [0.3, 0.4) is 0 Å². The number of carbonyl (C=O) groups excluding carboxylic acids is 1. The minimum Gasteiger partial charge on any atom is -0.450 e. The smallest absolute Gasteiger partial charge is 0.407 e. The molecule has 1 saturated heterocycles. The number of piperidine rings is 1. The van der Waals surface area contributed by atoms with Gasteiger partial charge in [-0.1, -0.05) is 6.07 Å². The van der Waals surface area contributed by atoms with Crippen molar-refractivity contribution in [3.05, 3.63) is 30.1 Å². The average molecular weight is 417 g/mol. The predicted molar refractivity (Wildman–Crippen MR) is 118 cm³/mol. The number of aromatic nitrogens is 1. The number of ether oxygens (including phenoxy) is 1. The van der Waals surface area contributed by atoms with Crippen LogP contribution in [0.2, 0.25) is 0 Å². The maximum atomic E-state index is 11.8. The summed E-state index contributed by atoms with van der Waals surface area (Å²) in [5.41, 5.74) is 1.12. The fraction of sp³-hybridized carbons (Fsp3) is 0.682. The normalized spacial score (nSPS) is 19.2. The van der Waals surface area contributed by atoms with Gasteiger partial charge in [-0.3, -0.25) is 14.9 Å². The monoisotopic (exact) mass is 416 g/mol. The summed E-state index contributed by atoms with van der Waals surface area (Å²) in [6.45, 7) is 8.65. The Morgan fingerprint density at radius 2 is 2.07 bits per heavy atom. The summed E-state index contributed by atoms with van der Waals surface area (Å²) in [5, 5.41) is 9.91. The molecule has 2 heterocycles. The van der Waals surface area contributed by atoms with Crippen LogP contribution in [-0.2, 0) is 11.3 Å². The highest BCUT2D eigenvalue weighted by Gasteiger charge is 2.32. The van der Waals surface area contributed by atoms with Gasteiger partial charge in [-0.2, -0.15) is 0 Å². The first-order chi connectivity index (χ1) is 14.7. The van der Waals surface area contributed by atoms with Crippen LogP contribution in [0.4, 0.5) is 4.79 Å². The highest BCUT2D eigenvalue weighted by Crippen LogP contribution is 2.32. The maximum Gasteiger partial charge on any atom is 0.407 e. The Bertz CT molecular complexity index is 671. The van der Waals surface area contributed by atoms with E-state index in [0.29, 0.717) is 25.1 Å². The second-order valence-corrected chi connectivity index (χ2v) is 8.04. The molecule has 2 fully saturated rings. The molecule has 1 amide bonds. The summed E-state index contributed by atoms with van der Waals surface area (Å²) in [5.74, 6) is 1.34. The van der Waals surface area contributed by atoms with Gasteiger partial charge in [0.15, 0.2) is 5.96 Å². The molecule has 1 aromatic heterocycles. The first-order valence-electron chi connectivity index (χ1n) is 11.3. The molecule has 0 bridgehead atoms. The van der Waals surface area contributed by atoms with E-state index in [9.17, 15) is 4.79 Å². The van der Waals surface area contributed by atoms with Gasteiger partial charge in [0.05, 0.1) is 24.9 Å². The van der Waals surface area contributed by atoms with Gasteiger partial charge in [0.2, 0.25) is 0 Å². The van der Waals surface area contributed by atoms with E-state index in [1.165, 1.54) is 0 Å². The number of pyridine rings is 1. The number of aliphatic imine (C=N–C) groups is 1.